The van der Waals surface area contributed by atoms with Crippen LogP contribution < -0.4 is 9.47 Å². The monoisotopic (exact) mass is 412 g/mol. The molecule has 0 bridgehead atoms. The first-order valence-electron chi connectivity index (χ1n) is 7.96. The molecule has 0 atom stereocenters. The third-order valence-corrected chi connectivity index (χ3v) is 4.51. The van der Waals surface area contributed by atoms with Crippen molar-refractivity contribution in [3.05, 3.63) is 76.3 Å². The highest BCUT2D eigenvalue weighted by molar-refractivity contribution is 9.10. The van der Waals surface area contributed by atoms with E-state index in [0.717, 1.165) is 22.4 Å². The summed E-state index contributed by atoms with van der Waals surface area (Å²) in [6, 6.07) is 17.8. The number of methoxy groups -OCH3 is 1. The molecule has 0 fully saturated rings. The van der Waals surface area contributed by atoms with Crippen LogP contribution in [0.5, 0.6) is 11.5 Å². The average Bonchev–Trinajstić information content (AvgIpc) is 2.65. The molecule has 3 aromatic carbocycles. The fourth-order valence-electron chi connectivity index (χ4n) is 2.71. The number of aliphatic carboxylic acids is 1. The van der Waals surface area contributed by atoms with Crippen LogP contribution in [0.25, 0.3) is 16.8 Å². The normalized spacial score (nSPS) is 11.0. The van der Waals surface area contributed by atoms with Gasteiger partial charge in [-0.3, -0.25) is 0 Å². The minimum absolute atomic E-state index is 0.390. The summed E-state index contributed by atoms with van der Waals surface area (Å²) in [5.41, 5.74) is 1.78. The maximum absolute atomic E-state index is 10.7. The van der Waals surface area contributed by atoms with Crippen LogP contribution in [-0.2, 0) is 11.4 Å². The number of benzene rings is 3. The summed E-state index contributed by atoms with van der Waals surface area (Å²) in [5, 5.41) is 11.1. The summed E-state index contributed by atoms with van der Waals surface area (Å²) in [4.78, 5) is 10.7. The Bertz CT molecular complexity index is 974. The minimum Gasteiger partial charge on any atom is -0.493 e. The Morgan fingerprint density at radius 3 is 2.69 bits per heavy atom. The van der Waals surface area contributed by atoms with E-state index in [9.17, 15) is 4.79 Å². The van der Waals surface area contributed by atoms with Crippen molar-refractivity contribution in [2.75, 3.05) is 7.11 Å². The Morgan fingerprint density at radius 1 is 1.15 bits per heavy atom. The molecule has 4 nitrogen and oxygen atoms in total. The highest BCUT2D eigenvalue weighted by Gasteiger charge is 2.12. The van der Waals surface area contributed by atoms with Crippen LogP contribution in [0.4, 0.5) is 0 Å². The molecule has 0 aliphatic carbocycles. The van der Waals surface area contributed by atoms with E-state index in [1.165, 1.54) is 6.08 Å². The van der Waals surface area contributed by atoms with Crippen molar-refractivity contribution in [2.24, 2.45) is 0 Å². The molecule has 0 amide bonds. The smallest absolute Gasteiger partial charge is 0.328 e. The molecule has 0 saturated heterocycles. The quantitative estimate of drug-likeness (QED) is 0.558. The zero-order chi connectivity index (χ0) is 18.5. The van der Waals surface area contributed by atoms with Gasteiger partial charge in [-0.2, -0.15) is 0 Å². The molecule has 0 heterocycles. The SMILES string of the molecule is COc1cc(C=CC(=O)O)cc(Br)c1OCc1cccc2ccccc12. The van der Waals surface area contributed by atoms with Gasteiger partial charge in [0.2, 0.25) is 0 Å². The van der Waals surface area contributed by atoms with Gasteiger partial charge in [0.25, 0.3) is 0 Å². The van der Waals surface area contributed by atoms with Crippen molar-refractivity contribution in [3.63, 3.8) is 0 Å². The lowest BCUT2D eigenvalue weighted by Crippen LogP contribution is -2.00. The molecule has 0 aromatic heterocycles. The van der Waals surface area contributed by atoms with Gasteiger partial charge in [0.1, 0.15) is 6.61 Å². The Labute approximate surface area is 159 Å². The topological polar surface area (TPSA) is 55.8 Å². The number of halogens is 1. The van der Waals surface area contributed by atoms with Gasteiger partial charge in [-0.15, -0.1) is 0 Å². The van der Waals surface area contributed by atoms with Gasteiger partial charge in [0, 0.05) is 6.08 Å². The fraction of sp³-hybridized carbons (Fsp3) is 0.0952. The van der Waals surface area contributed by atoms with Gasteiger partial charge in [-0.05, 0) is 56.0 Å². The molecule has 0 aliphatic heterocycles. The largest absolute Gasteiger partial charge is 0.493 e. The van der Waals surface area contributed by atoms with Crippen molar-refractivity contribution < 1.29 is 19.4 Å². The number of fused-ring (bicyclic) bond motifs is 1. The number of carbonyl (C=O) groups is 1. The van der Waals surface area contributed by atoms with Crippen LogP contribution in [0, 0.1) is 0 Å². The van der Waals surface area contributed by atoms with E-state index >= 15 is 0 Å². The zero-order valence-corrected chi connectivity index (χ0v) is 15.7. The second kappa shape index (κ2) is 8.06. The van der Waals surface area contributed by atoms with Crippen LogP contribution in [0.2, 0.25) is 0 Å². The lowest BCUT2D eigenvalue weighted by molar-refractivity contribution is -0.131. The van der Waals surface area contributed by atoms with Crippen molar-refractivity contribution >= 4 is 38.7 Å². The number of carboxylic acids is 1. The van der Waals surface area contributed by atoms with Gasteiger partial charge < -0.3 is 14.6 Å². The van der Waals surface area contributed by atoms with E-state index in [1.807, 2.05) is 24.3 Å². The standard InChI is InChI=1S/C21H17BrO4/c1-25-19-12-14(9-10-20(23)24)11-18(22)21(19)26-13-16-7-4-6-15-5-2-3-8-17(15)16/h2-12H,13H2,1H3,(H,23,24). The number of hydrogen-bond acceptors (Lipinski definition) is 3. The van der Waals surface area contributed by atoms with E-state index in [-0.39, 0.29) is 0 Å². The predicted octanol–water partition coefficient (Wildman–Crippen LogP) is 5.29. The van der Waals surface area contributed by atoms with Crippen molar-refractivity contribution in [3.8, 4) is 11.5 Å². The van der Waals surface area contributed by atoms with E-state index in [4.69, 9.17) is 14.6 Å². The van der Waals surface area contributed by atoms with E-state index < -0.39 is 5.97 Å². The van der Waals surface area contributed by atoms with Crippen LogP contribution in [0.15, 0.2) is 65.1 Å². The van der Waals surface area contributed by atoms with Crippen LogP contribution in [-0.4, -0.2) is 18.2 Å². The molecular formula is C21H17BrO4. The summed E-state index contributed by atoms with van der Waals surface area (Å²) >= 11 is 3.48. The molecule has 1 N–H and O–H groups in total. The Morgan fingerprint density at radius 2 is 1.92 bits per heavy atom. The number of rotatable bonds is 6. The maximum Gasteiger partial charge on any atom is 0.328 e. The highest BCUT2D eigenvalue weighted by atomic mass is 79.9. The molecular weight excluding hydrogens is 396 g/mol. The van der Waals surface area contributed by atoms with Crippen LogP contribution in [0.3, 0.4) is 0 Å². The third kappa shape index (κ3) is 4.06. The average molecular weight is 413 g/mol. The number of carboxylic acid groups (broad SMARTS) is 1. The third-order valence-electron chi connectivity index (χ3n) is 3.92. The van der Waals surface area contributed by atoms with Crippen molar-refractivity contribution in [1.29, 1.82) is 0 Å². The molecule has 5 heteroatoms. The molecule has 132 valence electrons. The van der Waals surface area contributed by atoms with E-state index in [1.54, 1.807) is 19.2 Å². The molecule has 0 unspecified atom stereocenters. The van der Waals surface area contributed by atoms with Crippen molar-refractivity contribution in [2.45, 2.75) is 6.61 Å². The number of hydrogen-bond donors (Lipinski definition) is 1. The van der Waals surface area contributed by atoms with Gasteiger partial charge in [-0.1, -0.05) is 42.5 Å². The molecule has 0 radical (unpaired) electrons. The molecule has 3 aromatic rings. The van der Waals surface area contributed by atoms with E-state index in [0.29, 0.717) is 28.1 Å². The summed E-state index contributed by atoms with van der Waals surface area (Å²) in [6.07, 6.45) is 2.59. The number of ether oxygens (including phenoxy) is 2. The lowest BCUT2D eigenvalue weighted by atomic mass is 10.1. The Balaban J connectivity index is 1.88. The first-order chi connectivity index (χ1) is 12.6. The summed E-state index contributed by atoms with van der Waals surface area (Å²) < 4.78 is 12.1. The summed E-state index contributed by atoms with van der Waals surface area (Å²) in [7, 11) is 1.55. The van der Waals surface area contributed by atoms with Crippen LogP contribution >= 0.6 is 15.9 Å². The molecule has 0 aliphatic rings. The zero-order valence-electron chi connectivity index (χ0n) is 14.1. The first-order valence-corrected chi connectivity index (χ1v) is 8.76. The van der Waals surface area contributed by atoms with Gasteiger partial charge >= 0.3 is 5.97 Å². The fourth-order valence-corrected chi connectivity index (χ4v) is 3.29. The van der Waals surface area contributed by atoms with Crippen LogP contribution in [0.1, 0.15) is 11.1 Å². The maximum atomic E-state index is 10.7. The first kappa shape index (κ1) is 18.0. The van der Waals surface area contributed by atoms with Gasteiger partial charge in [0.15, 0.2) is 11.5 Å². The Kier molecular flexibility index (Phi) is 5.58. The summed E-state index contributed by atoms with van der Waals surface area (Å²) in [5.74, 6) is 0.105. The second-order valence-electron chi connectivity index (χ2n) is 5.63. The molecule has 26 heavy (non-hydrogen) atoms. The molecule has 3 rings (SSSR count). The second-order valence-corrected chi connectivity index (χ2v) is 6.49. The molecule has 0 spiro atoms. The van der Waals surface area contributed by atoms with Gasteiger partial charge in [0.05, 0.1) is 11.6 Å². The van der Waals surface area contributed by atoms with E-state index in [2.05, 4.69) is 34.1 Å². The minimum atomic E-state index is -1.00. The lowest BCUT2D eigenvalue weighted by Gasteiger charge is -2.14. The van der Waals surface area contributed by atoms with Gasteiger partial charge in [-0.25, -0.2) is 4.79 Å². The van der Waals surface area contributed by atoms with Crippen molar-refractivity contribution in [1.82, 2.24) is 0 Å². The molecule has 0 saturated carbocycles. The predicted molar refractivity (Wildman–Crippen MR) is 106 cm³/mol. The Hall–Kier alpha value is -2.79. The highest BCUT2D eigenvalue weighted by Crippen LogP contribution is 2.37. The summed E-state index contributed by atoms with van der Waals surface area (Å²) in [6.45, 7) is 0.390.